The predicted octanol–water partition coefficient (Wildman–Crippen LogP) is 5.02. The number of halogens is 2. The zero-order valence-electron chi connectivity index (χ0n) is 23.4. The van der Waals surface area contributed by atoms with Crippen LogP contribution < -0.4 is 25.6 Å². The van der Waals surface area contributed by atoms with E-state index in [1.54, 1.807) is 50.2 Å². The van der Waals surface area contributed by atoms with E-state index in [0.29, 0.717) is 17.1 Å². The topological polar surface area (TPSA) is 105 Å². The van der Waals surface area contributed by atoms with E-state index in [1.165, 1.54) is 29.2 Å². The van der Waals surface area contributed by atoms with E-state index in [1.807, 2.05) is 30.3 Å². The predicted molar refractivity (Wildman–Crippen MR) is 164 cm³/mol. The molecule has 4 aromatic carbocycles. The molecule has 0 spiro atoms. The number of rotatable bonds is 7. The number of hydrogen-bond donors (Lipinski definition) is 2. The summed E-state index contributed by atoms with van der Waals surface area (Å²) in [4.78, 5) is 44.5. The number of ether oxygens (including phenoxy) is 1. The molecule has 3 amide bonds. The molecule has 10 heteroatoms. The van der Waals surface area contributed by atoms with Crippen LogP contribution in [-0.2, 0) is 16.1 Å². The lowest BCUT2D eigenvalue weighted by Gasteiger charge is -2.36. The van der Waals surface area contributed by atoms with Gasteiger partial charge in [-0.25, -0.2) is 4.39 Å². The molecule has 0 fully saturated rings. The van der Waals surface area contributed by atoms with Crippen molar-refractivity contribution in [2.45, 2.75) is 19.0 Å². The summed E-state index contributed by atoms with van der Waals surface area (Å²) in [5, 5.41) is 4.75. The van der Waals surface area contributed by atoms with E-state index >= 15 is 0 Å². The normalized spacial score (nSPS) is 16.5. The molecule has 5 rings (SSSR count). The molecule has 0 aliphatic carbocycles. The van der Waals surface area contributed by atoms with Gasteiger partial charge in [0.1, 0.15) is 17.1 Å². The minimum atomic E-state index is -1.51. The smallest absolute Gasteiger partial charge is 0.258 e. The van der Waals surface area contributed by atoms with Crippen molar-refractivity contribution in [1.82, 2.24) is 5.32 Å². The molecule has 216 valence electrons. The minimum absolute atomic E-state index is 0.0838. The number of carbonyl (C=O) groups excluding carboxylic acids is 3. The molecular weight excluding hydrogens is 603 g/mol. The highest BCUT2D eigenvalue weighted by Crippen LogP contribution is 2.41. The lowest BCUT2D eigenvalue weighted by atomic mass is 9.83. The molecule has 42 heavy (non-hydrogen) atoms. The molecule has 1 aliphatic heterocycles. The van der Waals surface area contributed by atoms with Crippen molar-refractivity contribution in [3.63, 3.8) is 0 Å². The number of amides is 3. The van der Waals surface area contributed by atoms with E-state index in [2.05, 4.69) is 21.2 Å². The van der Waals surface area contributed by atoms with Crippen molar-refractivity contribution >= 4 is 55.8 Å². The zero-order valence-corrected chi connectivity index (χ0v) is 24.9. The molecule has 0 radical (unpaired) electrons. The van der Waals surface area contributed by atoms with Crippen LogP contribution in [0.4, 0.5) is 15.8 Å². The molecule has 8 nitrogen and oxygen atoms in total. The second-order valence-corrected chi connectivity index (χ2v) is 11.1. The monoisotopic (exact) mass is 632 g/mol. The Labute approximate surface area is 251 Å². The standard InChI is InChI=1S/C32H30BrFN4O4/c1-32(36-2,31(35)41)24-18-38(29(39)19-11-13-20(34)14-12-19)27-10-5-4-9-26(27)37(30(24)40)17-23-21-7-6-8-25(33)22(21)15-16-28(23)42-3/h4-16,24,36H,17-18H2,1-3H3,(H2,35,41)/t24-,32?/m1/s1. The fourth-order valence-corrected chi connectivity index (χ4v) is 5.96. The summed E-state index contributed by atoms with van der Waals surface area (Å²) in [7, 11) is 3.12. The Balaban J connectivity index is 1.73. The second-order valence-electron chi connectivity index (χ2n) is 10.3. The van der Waals surface area contributed by atoms with Crippen molar-refractivity contribution < 1.29 is 23.5 Å². The van der Waals surface area contributed by atoms with Gasteiger partial charge in [0.2, 0.25) is 11.8 Å². The van der Waals surface area contributed by atoms with Crippen molar-refractivity contribution in [2.24, 2.45) is 11.7 Å². The van der Waals surface area contributed by atoms with Crippen LogP contribution in [0, 0.1) is 11.7 Å². The fourth-order valence-electron chi connectivity index (χ4n) is 5.46. The van der Waals surface area contributed by atoms with Crippen LogP contribution >= 0.6 is 15.9 Å². The molecule has 0 saturated carbocycles. The second kappa shape index (κ2) is 11.5. The number of primary amides is 1. The number of methoxy groups -OCH3 is 1. The highest BCUT2D eigenvalue weighted by Gasteiger charge is 2.48. The Morgan fingerprint density at radius 1 is 1.02 bits per heavy atom. The number of nitrogens with two attached hydrogens (primary N) is 1. The number of nitrogens with zero attached hydrogens (tertiary/aromatic N) is 2. The number of benzene rings is 4. The summed E-state index contributed by atoms with van der Waals surface area (Å²) in [6, 6.07) is 21.8. The Morgan fingerprint density at radius 2 is 1.71 bits per heavy atom. The zero-order chi connectivity index (χ0) is 30.2. The Bertz CT molecular complexity index is 1700. The average molecular weight is 634 g/mol. The van der Waals surface area contributed by atoms with Gasteiger partial charge in [-0.1, -0.05) is 40.2 Å². The average Bonchev–Trinajstić information content (AvgIpc) is 3.11. The van der Waals surface area contributed by atoms with Gasteiger partial charge in [0, 0.05) is 22.1 Å². The van der Waals surface area contributed by atoms with Crippen molar-refractivity contribution in [1.29, 1.82) is 0 Å². The first-order chi connectivity index (χ1) is 20.1. The summed E-state index contributed by atoms with van der Waals surface area (Å²) in [5.74, 6) is -2.57. The van der Waals surface area contributed by atoms with Crippen LogP contribution in [0.25, 0.3) is 10.8 Å². The number of fused-ring (bicyclic) bond motifs is 2. The van der Waals surface area contributed by atoms with Crippen molar-refractivity contribution in [3.8, 4) is 5.75 Å². The van der Waals surface area contributed by atoms with Gasteiger partial charge in [-0.3, -0.25) is 14.4 Å². The molecule has 3 N–H and O–H groups in total. The first-order valence-electron chi connectivity index (χ1n) is 13.3. The van der Waals surface area contributed by atoms with Crippen LogP contribution in [0.2, 0.25) is 0 Å². The number of hydrogen-bond acceptors (Lipinski definition) is 5. The summed E-state index contributed by atoms with van der Waals surface area (Å²) in [5.41, 5.74) is 6.28. The van der Waals surface area contributed by atoms with E-state index in [-0.39, 0.29) is 18.7 Å². The molecule has 1 aliphatic rings. The summed E-state index contributed by atoms with van der Waals surface area (Å²) in [6.07, 6.45) is 0. The van der Waals surface area contributed by atoms with Crippen LogP contribution in [-0.4, -0.2) is 44.0 Å². The van der Waals surface area contributed by atoms with Crippen LogP contribution in [0.15, 0.2) is 83.3 Å². The largest absolute Gasteiger partial charge is 0.496 e. The van der Waals surface area contributed by atoms with Crippen LogP contribution in [0.3, 0.4) is 0 Å². The van der Waals surface area contributed by atoms with Crippen LogP contribution in [0.1, 0.15) is 22.8 Å². The third kappa shape index (κ3) is 5.01. The van der Waals surface area contributed by atoms with Gasteiger partial charge >= 0.3 is 0 Å². The van der Waals surface area contributed by atoms with Gasteiger partial charge in [-0.2, -0.15) is 0 Å². The number of likely N-dealkylation sites (N-methyl/N-ethyl adjacent to an activating group) is 1. The lowest BCUT2D eigenvalue weighted by Crippen LogP contribution is -2.63. The third-order valence-corrected chi connectivity index (χ3v) is 8.76. The maximum absolute atomic E-state index is 14.6. The van der Waals surface area contributed by atoms with Gasteiger partial charge in [0.25, 0.3) is 5.91 Å². The summed E-state index contributed by atoms with van der Waals surface area (Å²) >= 11 is 3.62. The van der Waals surface area contributed by atoms with E-state index in [0.717, 1.165) is 20.8 Å². The molecule has 0 bridgehead atoms. The van der Waals surface area contributed by atoms with Gasteiger partial charge in [0.05, 0.1) is 30.9 Å². The maximum atomic E-state index is 14.6. The highest BCUT2D eigenvalue weighted by atomic mass is 79.9. The quantitative estimate of drug-likeness (QED) is 0.298. The van der Waals surface area contributed by atoms with Gasteiger partial charge in [-0.05, 0) is 79.3 Å². The molecule has 0 aromatic heterocycles. The third-order valence-electron chi connectivity index (χ3n) is 8.07. The van der Waals surface area contributed by atoms with E-state index < -0.39 is 35.0 Å². The molecule has 1 heterocycles. The van der Waals surface area contributed by atoms with Gasteiger partial charge in [-0.15, -0.1) is 0 Å². The van der Waals surface area contributed by atoms with E-state index in [4.69, 9.17) is 10.5 Å². The van der Waals surface area contributed by atoms with E-state index in [9.17, 15) is 18.8 Å². The molecule has 2 atom stereocenters. The number of carbonyl (C=O) groups is 3. The first kappa shape index (κ1) is 29.2. The maximum Gasteiger partial charge on any atom is 0.258 e. The van der Waals surface area contributed by atoms with Crippen molar-refractivity contribution in [3.05, 3.63) is 100 Å². The Hall–Kier alpha value is -4.28. The number of para-hydroxylation sites is 2. The molecule has 1 unspecified atom stereocenters. The molecule has 4 aromatic rings. The molecule has 0 saturated heterocycles. The van der Waals surface area contributed by atoms with Crippen LogP contribution in [0.5, 0.6) is 5.75 Å². The fraction of sp³-hybridized carbons (Fsp3) is 0.219. The molecular formula is C32H30BrFN4O4. The summed E-state index contributed by atoms with van der Waals surface area (Å²) in [6.45, 7) is 1.49. The minimum Gasteiger partial charge on any atom is -0.496 e. The van der Waals surface area contributed by atoms with Crippen molar-refractivity contribution in [2.75, 3.05) is 30.5 Å². The lowest BCUT2D eigenvalue weighted by molar-refractivity contribution is -0.133. The SMILES string of the molecule is CNC(C)(C(N)=O)[C@@H]1CN(C(=O)c2ccc(F)cc2)c2ccccc2N(Cc2c(OC)ccc3c(Br)cccc23)C1=O. The number of anilines is 2. The summed E-state index contributed by atoms with van der Waals surface area (Å²) < 4.78 is 20.3. The Kier molecular flexibility index (Phi) is 8.03. The Morgan fingerprint density at radius 3 is 2.36 bits per heavy atom. The number of nitrogens with one attached hydrogen (secondary N) is 1. The first-order valence-corrected chi connectivity index (χ1v) is 14.1. The highest BCUT2D eigenvalue weighted by molar-refractivity contribution is 9.10. The van der Waals surface area contributed by atoms with Gasteiger partial charge in [0.15, 0.2) is 0 Å². The van der Waals surface area contributed by atoms with Gasteiger partial charge < -0.3 is 25.6 Å².